The zero-order valence-corrected chi connectivity index (χ0v) is 15.0. The van der Waals surface area contributed by atoms with Crippen LogP contribution in [0.15, 0.2) is 35.7 Å². The molecule has 0 saturated heterocycles. The van der Waals surface area contributed by atoms with Gasteiger partial charge in [-0.2, -0.15) is 23.7 Å². The molecule has 142 valence electrons. The van der Waals surface area contributed by atoms with Crippen molar-refractivity contribution >= 4 is 6.21 Å². The maximum Gasteiger partial charge on any atom is 0.387 e. The number of aryl methyl sites for hydroxylation is 2. The number of halogens is 2. The Hall–Kier alpha value is -3.30. The van der Waals surface area contributed by atoms with E-state index in [1.807, 2.05) is 19.9 Å². The number of rotatable bonds is 7. The van der Waals surface area contributed by atoms with E-state index in [-0.39, 0.29) is 11.5 Å². The highest BCUT2D eigenvalue weighted by Crippen LogP contribution is 2.29. The van der Waals surface area contributed by atoms with E-state index in [2.05, 4.69) is 25.1 Å². The van der Waals surface area contributed by atoms with Gasteiger partial charge in [-0.05, 0) is 50.6 Å². The van der Waals surface area contributed by atoms with Crippen molar-refractivity contribution in [1.82, 2.24) is 24.7 Å². The Balaban J connectivity index is 1.88. The molecule has 2 heterocycles. The quantitative estimate of drug-likeness (QED) is 0.593. The largest absolute Gasteiger partial charge is 0.490 e. The summed E-state index contributed by atoms with van der Waals surface area (Å²) in [4.78, 5) is 0. The molecule has 1 aromatic carbocycles. The maximum atomic E-state index is 12.5. The third-order valence-electron chi connectivity index (χ3n) is 3.53. The van der Waals surface area contributed by atoms with Gasteiger partial charge in [-0.1, -0.05) is 0 Å². The number of hydrogen-bond donors (Lipinski definition) is 0. The molecule has 0 unspecified atom stereocenters. The van der Waals surface area contributed by atoms with Crippen molar-refractivity contribution < 1.29 is 18.3 Å². The first-order chi connectivity index (χ1) is 13.0. The summed E-state index contributed by atoms with van der Waals surface area (Å²) in [6, 6.07) is 6.49. The van der Waals surface area contributed by atoms with Crippen LogP contribution in [0.3, 0.4) is 0 Å². The lowest BCUT2D eigenvalue weighted by molar-refractivity contribution is -0.0514. The van der Waals surface area contributed by atoms with Gasteiger partial charge in [0, 0.05) is 5.69 Å². The molecule has 10 heteroatoms. The lowest BCUT2D eigenvalue weighted by atomic mass is 10.2. The van der Waals surface area contributed by atoms with Gasteiger partial charge in [0.15, 0.2) is 11.5 Å². The van der Waals surface area contributed by atoms with Crippen molar-refractivity contribution in [1.29, 1.82) is 0 Å². The molecule has 3 aromatic rings. The monoisotopic (exact) mass is 376 g/mol. The van der Waals surface area contributed by atoms with Crippen LogP contribution in [0.5, 0.6) is 11.5 Å². The summed E-state index contributed by atoms with van der Waals surface area (Å²) in [5.74, 6) is 0.612. The molecule has 27 heavy (non-hydrogen) atoms. The van der Waals surface area contributed by atoms with E-state index in [4.69, 9.17) is 4.74 Å². The summed E-state index contributed by atoms with van der Waals surface area (Å²) in [5.41, 5.74) is 2.37. The third-order valence-corrected chi connectivity index (χ3v) is 3.53. The van der Waals surface area contributed by atoms with E-state index >= 15 is 0 Å². The van der Waals surface area contributed by atoms with Gasteiger partial charge in [-0.3, -0.25) is 0 Å². The molecule has 2 aromatic heterocycles. The topological polar surface area (TPSA) is 79.4 Å². The van der Waals surface area contributed by atoms with Gasteiger partial charge in [-0.25, -0.2) is 4.68 Å². The zero-order valence-electron chi connectivity index (χ0n) is 15.0. The number of ether oxygens (including phenoxy) is 2. The molecule has 0 atom stereocenters. The Morgan fingerprint density at radius 2 is 2.04 bits per heavy atom. The number of aromatic nitrogens is 5. The molecule has 0 radical (unpaired) electrons. The Morgan fingerprint density at radius 1 is 1.22 bits per heavy atom. The van der Waals surface area contributed by atoms with Crippen LogP contribution in [-0.4, -0.2) is 44.1 Å². The smallest absolute Gasteiger partial charge is 0.387 e. The van der Waals surface area contributed by atoms with Gasteiger partial charge in [0.05, 0.1) is 18.5 Å². The van der Waals surface area contributed by atoms with E-state index in [9.17, 15) is 8.78 Å². The predicted molar refractivity (Wildman–Crippen MR) is 93.9 cm³/mol. The van der Waals surface area contributed by atoms with Gasteiger partial charge >= 0.3 is 6.61 Å². The highest BCUT2D eigenvalue weighted by Gasteiger charge is 2.12. The Kier molecular flexibility index (Phi) is 5.43. The average molecular weight is 376 g/mol. The number of benzene rings is 1. The molecule has 3 rings (SSSR count). The first-order valence-electron chi connectivity index (χ1n) is 8.17. The lowest BCUT2D eigenvalue weighted by Gasteiger charge is -2.11. The van der Waals surface area contributed by atoms with E-state index < -0.39 is 6.61 Å². The van der Waals surface area contributed by atoms with Crippen molar-refractivity contribution in [3.8, 4) is 17.4 Å². The van der Waals surface area contributed by atoms with Crippen LogP contribution >= 0.6 is 0 Å². The van der Waals surface area contributed by atoms with Gasteiger partial charge in [0.2, 0.25) is 0 Å². The van der Waals surface area contributed by atoms with Crippen LogP contribution in [0, 0.1) is 13.8 Å². The molecule has 8 nitrogen and oxygen atoms in total. The highest BCUT2D eigenvalue weighted by molar-refractivity contribution is 5.80. The summed E-state index contributed by atoms with van der Waals surface area (Å²) in [6.07, 6.45) is 2.98. The van der Waals surface area contributed by atoms with Gasteiger partial charge in [-0.15, -0.1) is 10.2 Å². The number of hydrogen-bond acceptors (Lipinski definition) is 6. The normalized spacial score (nSPS) is 11.5. The third kappa shape index (κ3) is 4.27. The second-order valence-corrected chi connectivity index (χ2v) is 5.58. The van der Waals surface area contributed by atoms with Gasteiger partial charge in [0.1, 0.15) is 6.33 Å². The number of nitrogens with zero attached hydrogens (tertiary/aromatic N) is 6. The van der Waals surface area contributed by atoms with Crippen LogP contribution in [0.2, 0.25) is 0 Å². The summed E-state index contributed by atoms with van der Waals surface area (Å²) >= 11 is 0. The molecular weight excluding hydrogens is 358 g/mol. The molecule has 0 spiro atoms. The second-order valence-electron chi connectivity index (χ2n) is 5.58. The van der Waals surface area contributed by atoms with Crippen molar-refractivity contribution in [3.05, 3.63) is 47.5 Å². The minimum atomic E-state index is -2.93. The fourth-order valence-electron chi connectivity index (χ4n) is 2.47. The van der Waals surface area contributed by atoms with Gasteiger partial charge < -0.3 is 9.47 Å². The molecule has 0 fully saturated rings. The fourth-order valence-corrected chi connectivity index (χ4v) is 2.47. The number of alkyl halides is 2. The maximum absolute atomic E-state index is 12.5. The molecule has 0 aliphatic heterocycles. The molecular formula is C17H18F2N6O2. The minimum Gasteiger partial charge on any atom is -0.490 e. The summed E-state index contributed by atoms with van der Waals surface area (Å²) in [7, 11) is 0. The zero-order chi connectivity index (χ0) is 19.4. The van der Waals surface area contributed by atoms with Crippen molar-refractivity contribution in [2.24, 2.45) is 5.10 Å². The van der Waals surface area contributed by atoms with E-state index in [0.29, 0.717) is 18.1 Å². The highest BCUT2D eigenvalue weighted by atomic mass is 19.3. The summed E-state index contributed by atoms with van der Waals surface area (Å²) < 4.78 is 37.9. The first-order valence-corrected chi connectivity index (χ1v) is 8.17. The van der Waals surface area contributed by atoms with Crippen molar-refractivity contribution in [2.75, 3.05) is 6.61 Å². The molecule has 0 aliphatic carbocycles. The van der Waals surface area contributed by atoms with Crippen LogP contribution in [0.4, 0.5) is 8.78 Å². The first kappa shape index (κ1) is 18.5. The van der Waals surface area contributed by atoms with E-state index in [0.717, 1.165) is 11.4 Å². The lowest BCUT2D eigenvalue weighted by Crippen LogP contribution is -2.07. The molecule has 0 N–H and O–H groups in total. The van der Waals surface area contributed by atoms with E-state index in [1.54, 1.807) is 23.7 Å². The fraction of sp³-hybridized carbons (Fsp3) is 0.294. The van der Waals surface area contributed by atoms with Crippen molar-refractivity contribution in [2.45, 2.75) is 27.4 Å². The predicted octanol–water partition coefficient (Wildman–Crippen LogP) is 2.96. The summed E-state index contributed by atoms with van der Waals surface area (Å²) in [6.45, 7) is 2.92. The van der Waals surface area contributed by atoms with Crippen molar-refractivity contribution in [3.63, 3.8) is 0 Å². The minimum absolute atomic E-state index is 0.0309. The molecule has 0 saturated carbocycles. The summed E-state index contributed by atoms with van der Waals surface area (Å²) in [5, 5.41) is 16.6. The van der Waals surface area contributed by atoms with E-state index in [1.165, 1.54) is 23.3 Å². The molecule has 0 bridgehead atoms. The van der Waals surface area contributed by atoms with Crippen LogP contribution in [0.1, 0.15) is 23.9 Å². The average Bonchev–Trinajstić information content (AvgIpc) is 3.20. The standard InChI is InChI=1S/C17H18F2N6O2/c1-4-26-15-8-13(5-6-14(15)27-16(18)19)9-21-24-10-20-22-17(24)25-12(3)7-11(2)23-25/h5-10,16H,4H2,1-3H3/b21-9-. The van der Waals surface area contributed by atoms with Crippen LogP contribution in [-0.2, 0) is 0 Å². The molecule has 0 amide bonds. The SMILES string of the molecule is CCOc1cc(/C=N\n2cnnc2-n2nc(C)cc2C)ccc1OC(F)F. The Morgan fingerprint density at radius 3 is 2.70 bits per heavy atom. The van der Waals surface area contributed by atoms with Crippen LogP contribution < -0.4 is 9.47 Å². The Labute approximate surface area is 154 Å². The van der Waals surface area contributed by atoms with Gasteiger partial charge in [0.25, 0.3) is 5.95 Å². The Bertz CT molecular complexity index is 951. The van der Waals surface area contributed by atoms with Crippen LogP contribution in [0.25, 0.3) is 5.95 Å². The molecule has 0 aliphatic rings. The second kappa shape index (κ2) is 7.94.